The lowest BCUT2D eigenvalue weighted by Crippen LogP contribution is -2.48. The molecule has 2 aromatic carbocycles. The van der Waals surface area contributed by atoms with Gasteiger partial charge in [0.25, 0.3) is 5.91 Å². The van der Waals surface area contributed by atoms with Crippen molar-refractivity contribution < 1.29 is 19.0 Å². The van der Waals surface area contributed by atoms with Crippen LogP contribution in [0.2, 0.25) is 0 Å². The van der Waals surface area contributed by atoms with Crippen LogP contribution in [0, 0.1) is 0 Å². The Hall–Kier alpha value is -2.73. The molecular weight excluding hydrogens is 356 g/mol. The van der Waals surface area contributed by atoms with Crippen molar-refractivity contribution in [3.8, 4) is 17.2 Å². The van der Waals surface area contributed by atoms with Crippen LogP contribution in [0.5, 0.6) is 17.2 Å². The summed E-state index contributed by atoms with van der Waals surface area (Å²) in [6.45, 7) is 6.62. The highest BCUT2D eigenvalue weighted by Gasteiger charge is 2.24. The third-order valence-corrected chi connectivity index (χ3v) is 4.94. The lowest BCUT2D eigenvalue weighted by atomic mass is 10.1. The number of hydrogen-bond acceptors (Lipinski definition) is 5. The molecular formula is C22H28N2O4. The van der Waals surface area contributed by atoms with Crippen molar-refractivity contribution in [2.45, 2.75) is 13.5 Å². The van der Waals surface area contributed by atoms with Crippen LogP contribution in [-0.2, 0) is 6.54 Å². The Balaban J connectivity index is 1.57. The zero-order valence-electron chi connectivity index (χ0n) is 16.8. The van der Waals surface area contributed by atoms with Crippen LogP contribution in [0.3, 0.4) is 0 Å². The molecule has 0 atom stereocenters. The highest BCUT2D eigenvalue weighted by molar-refractivity contribution is 5.97. The Labute approximate surface area is 166 Å². The smallest absolute Gasteiger partial charge is 0.257 e. The summed E-state index contributed by atoms with van der Waals surface area (Å²) in [6, 6.07) is 13.5. The second-order valence-corrected chi connectivity index (χ2v) is 6.71. The van der Waals surface area contributed by atoms with Gasteiger partial charge < -0.3 is 19.1 Å². The number of amides is 1. The minimum absolute atomic E-state index is 0.000204. The van der Waals surface area contributed by atoms with Crippen LogP contribution in [0.1, 0.15) is 22.8 Å². The van der Waals surface area contributed by atoms with Crippen molar-refractivity contribution in [1.82, 2.24) is 9.80 Å². The quantitative estimate of drug-likeness (QED) is 0.734. The van der Waals surface area contributed by atoms with Crippen molar-refractivity contribution in [2.75, 3.05) is 47.0 Å². The van der Waals surface area contributed by atoms with Gasteiger partial charge in [-0.05, 0) is 36.8 Å². The molecule has 0 bridgehead atoms. The molecule has 0 unspecified atom stereocenters. The van der Waals surface area contributed by atoms with Crippen LogP contribution in [0.4, 0.5) is 0 Å². The van der Waals surface area contributed by atoms with Gasteiger partial charge in [0.05, 0.1) is 26.4 Å². The average molecular weight is 384 g/mol. The summed E-state index contributed by atoms with van der Waals surface area (Å²) in [4.78, 5) is 17.2. The second kappa shape index (κ2) is 9.46. The van der Waals surface area contributed by atoms with Gasteiger partial charge in [-0.15, -0.1) is 0 Å². The number of piperazine rings is 1. The Morgan fingerprint density at radius 2 is 1.61 bits per heavy atom. The minimum atomic E-state index is 0.000204. The Morgan fingerprint density at radius 1 is 0.929 bits per heavy atom. The van der Waals surface area contributed by atoms with Crippen LogP contribution < -0.4 is 14.2 Å². The summed E-state index contributed by atoms with van der Waals surface area (Å²) >= 11 is 0. The van der Waals surface area contributed by atoms with Crippen molar-refractivity contribution >= 4 is 5.91 Å². The van der Waals surface area contributed by atoms with E-state index < -0.39 is 0 Å². The minimum Gasteiger partial charge on any atom is -0.497 e. The molecule has 1 fully saturated rings. The van der Waals surface area contributed by atoms with E-state index in [4.69, 9.17) is 14.2 Å². The molecule has 0 radical (unpaired) electrons. The summed E-state index contributed by atoms with van der Waals surface area (Å²) in [6.07, 6.45) is 0. The molecule has 2 aromatic rings. The molecule has 150 valence electrons. The lowest BCUT2D eigenvalue weighted by molar-refractivity contribution is 0.0625. The first-order valence-corrected chi connectivity index (χ1v) is 9.60. The molecule has 0 saturated carbocycles. The van der Waals surface area contributed by atoms with E-state index >= 15 is 0 Å². The lowest BCUT2D eigenvalue weighted by Gasteiger charge is -2.35. The molecule has 0 aromatic heterocycles. The van der Waals surface area contributed by atoms with E-state index in [0.29, 0.717) is 36.8 Å². The van der Waals surface area contributed by atoms with Crippen molar-refractivity contribution in [2.24, 2.45) is 0 Å². The molecule has 0 aliphatic carbocycles. The van der Waals surface area contributed by atoms with E-state index in [-0.39, 0.29) is 5.91 Å². The number of nitrogens with zero attached hydrogens (tertiary/aromatic N) is 2. The second-order valence-electron chi connectivity index (χ2n) is 6.71. The van der Waals surface area contributed by atoms with Gasteiger partial charge in [0, 0.05) is 38.8 Å². The number of rotatable bonds is 7. The van der Waals surface area contributed by atoms with Gasteiger partial charge >= 0.3 is 0 Å². The van der Waals surface area contributed by atoms with Gasteiger partial charge in [-0.25, -0.2) is 0 Å². The average Bonchev–Trinajstić information content (AvgIpc) is 2.75. The maximum Gasteiger partial charge on any atom is 0.257 e. The number of methoxy groups -OCH3 is 2. The number of hydrogen-bond donors (Lipinski definition) is 0. The van der Waals surface area contributed by atoms with Crippen LogP contribution in [0.15, 0.2) is 42.5 Å². The fourth-order valence-electron chi connectivity index (χ4n) is 3.37. The molecule has 1 amide bonds. The van der Waals surface area contributed by atoms with Crippen LogP contribution in [-0.4, -0.2) is 62.7 Å². The zero-order chi connectivity index (χ0) is 19.9. The molecule has 0 N–H and O–H groups in total. The Kier molecular flexibility index (Phi) is 6.76. The van der Waals surface area contributed by atoms with E-state index in [1.807, 2.05) is 24.0 Å². The topological polar surface area (TPSA) is 51.2 Å². The SMILES string of the molecule is CCOc1ccc(CN2CCN(C(=O)c3ccc(OC)cc3OC)CC2)cc1. The van der Waals surface area contributed by atoms with Gasteiger partial charge in [0.1, 0.15) is 17.2 Å². The Bertz CT molecular complexity index is 784. The first-order chi connectivity index (χ1) is 13.6. The monoisotopic (exact) mass is 384 g/mol. The van der Waals surface area contributed by atoms with Gasteiger partial charge in [-0.1, -0.05) is 12.1 Å². The molecule has 1 aliphatic rings. The highest BCUT2D eigenvalue weighted by Crippen LogP contribution is 2.26. The molecule has 0 spiro atoms. The van der Waals surface area contributed by atoms with Gasteiger partial charge in [-0.3, -0.25) is 9.69 Å². The molecule has 6 nitrogen and oxygen atoms in total. The first-order valence-electron chi connectivity index (χ1n) is 9.60. The van der Waals surface area contributed by atoms with Crippen LogP contribution in [0.25, 0.3) is 0 Å². The summed E-state index contributed by atoms with van der Waals surface area (Å²) in [5, 5.41) is 0. The Morgan fingerprint density at radius 3 is 2.21 bits per heavy atom. The summed E-state index contributed by atoms with van der Waals surface area (Å²) in [5.74, 6) is 2.12. The highest BCUT2D eigenvalue weighted by atomic mass is 16.5. The van der Waals surface area contributed by atoms with Crippen molar-refractivity contribution in [3.05, 3.63) is 53.6 Å². The number of ether oxygens (including phenoxy) is 3. The normalized spacial score (nSPS) is 14.6. The maximum atomic E-state index is 12.9. The standard InChI is InChI=1S/C22H28N2O4/c1-4-28-18-7-5-17(6-8-18)16-23-11-13-24(14-12-23)22(25)20-10-9-19(26-2)15-21(20)27-3/h5-10,15H,4,11-14,16H2,1-3H3. The predicted molar refractivity (Wildman–Crippen MR) is 108 cm³/mol. The molecule has 1 aliphatic heterocycles. The molecule has 6 heteroatoms. The fourth-order valence-corrected chi connectivity index (χ4v) is 3.37. The number of benzene rings is 2. The zero-order valence-corrected chi connectivity index (χ0v) is 16.8. The number of carbonyl (C=O) groups is 1. The van der Waals surface area contributed by atoms with E-state index in [1.165, 1.54) is 5.56 Å². The van der Waals surface area contributed by atoms with E-state index in [2.05, 4.69) is 17.0 Å². The van der Waals surface area contributed by atoms with Crippen LogP contribution >= 0.6 is 0 Å². The molecule has 1 heterocycles. The predicted octanol–water partition coefficient (Wildman–Crippen LogP) is 3.06. The summed E-state index contributed by atoms with van der Waals surface area (Å²) in [5.41, 5.74) is 1.82. The van der Waals surface area contributed by atoms with Crippen molar-refractivity contribution in [3.63, 3.8) is 0 Å². The molecule has 3 rings (SSSR count). The van der Waals surface area contributed by atoms with Gasteiger partial charge in [-0.2, -0.15) is 0 Å². The van der Waals surface area contributed by atoms with E-state index in [1.54, 1.807) is 32.4 Å². The van der Waals surface area contributed by atoms with E-state index in [0.717, 1.165) is 25.4 Å². The summed E-state index contributed by atoms with van der Waals surface area (Å²) in [7, 11) is 3.17. The molecule has 28 heavy (non-hydrogen) atoms. The largest absolute Gasteiger partial charge is 0.497 e. The molecule has 1 saturated heterocycles. The van der Waals surface area contributed by atoms with E-state index in [9.17, 15) is 4.79 Å². The van der Waals surface area contributed by atoms with Gasteiger partial charge in [0.2, 0.25) is 0 Å². The summed E-state index contributed by atoms with van der Waals surface area (Å²) < 4.78 is 16.1. The third-order valence-electron chi connectivity index (χ3n) is 4.94. The third kappa shape index (κ3) is 4.75. The fraction of sp³-hybridized carbons (Fsp3) is 0.409. The van der Waals surface area contributed by atoms with Gasteiger partial charge in [0.15, 0.2) is 0 Å². The first kappa shape index (κ1) is 20.0. The van der Waals surface area contributed by atoms with Crippen molar-refractivity contribution in [1.29, 1.82) is 0 Å². The maximum absolute atomic E-state index is 12.9. The number of carbonyl (C=O) groups excluding carboxylic acids is 1.